The smallest absolute Gasteiger partial charge is 0.308 e. The Bertz CT molecular complexity index is 429. The molecule has 0 aliphatic heterocycles. The van der Waals surface area contributed by atoms with Crippen LogP contribution in [-0.2, 0) is 4.79 Å². The molecular weight excluding hydrogens is 238 g/mol. The quantitative estimate of drug-likeness (QED) is 0.816. The molecule has 0 fully saturated rings. The van der Waals surface area contributed by atoms with E-state index in [1.807, 2.05) is 0 Å². The average molecular weight is 263 g/mol. The number of aliphatic carboxylic acids is 1. The van der Waals surface area contributed by atoms with E-state index >= 15 is 0 Å². The molecule has 3 heteroatoms. The summed E-state index contributed by atoms with van der Waals surface area (Å²) in [4.78, 5) is 13.3. The Hall–Kier alpha value is -1.51. The zero-order valence-corrected chi connectivity index (χ0v) is 12.4. The third-order valence-corrected chi connectivity index (χ3v) is 3.39. The molecule has 3 nitrogen and oxygen atoms in total. The summed E-state index contributed by atoms with van der Waals surface area (Å²) < 4.78 is 0. The maximum Gasteiger partial charge on any atom is 0.308 e. The first kappa shape index (κ1) is 15.5. The number of nitrogens with zero attached hydrogens (tertiary/aromatic N) is 1. The Morgan fingerprint density at radius 1 is 1.37 bits per heavy atom. The van der Waals surface area contributed by atoms with E-state index in [2.05, 4.69) is 43.9 Å². The highest BCUT2D eigenvalue weighted by atomic mass is 16.4. The van der Waals surface area contributed by atoms with Crippen molar-refractivity contribution >= 4 is 11.7 Å². The van der Waals surface area contributed by atoms with Gasteiger partial charge in [0, 0.05) is 18.8 Å². The number of benzene rings is 1. The molecule has 0 saturated heterocycles. The molecule has 106 valence electrons. The first-order chi connectivity index (χ1) is 8.95. The van der Waals surface area contributed by atoms with Crippen molar-refractivity contribution in [3.63, 3.8) is 0 Å². The van der Waals surface area contributed by atoms with Crippen LogP contribution in [0, 0.1) is 19.8 Å². The molecule has 1 aromatic rings. The Labute approximate surface area is 116 Å². The number of anilines is 1. The highest BCUT2D eigenvalue weighted by Crippen LogP contribution is 2.22. The number of carboxylic acids is 1. The second-order valence-electron chi connectivity index (χ2n) is 5.33. The van der Waals surface area contributed by atoms with Crippen LogP contribution in [0.1, 0.15) is 37.8 Å². The van der Waals surface area contributed by atoms with E-state index in [0.29, 0.717) is 6.54 Å². The standard InChI is InChI=1S/C16H25NO2/c1-5-6-9-17(11-14(4)16(18)19)15-8-7-12(2)10-13(15)3/h7-8,10,14H,5-6,9,11H2,1-4H3,(H,18,19). The summed E-state index contributed by atoms with van der Waals surface area (Å²) in [7, 11) is 0. The van der Waals surface area contributed by atoms with Gasteiger partial charge in [-0.3, -0.25) is 4.79 Å². The van der Waals surface area contributed by atoms with E-state index in [9.17, 15) is 4.79 Å². The fraction of sp³-hybridized carbons (Fsp3) is 0.562. The van der Waals surface area contributed by atoms with Crippen molar-refractivity contribution < 1.29 is 9.90 Å². The third-order valence-electron chi connectivity index (χ3n) is 3.39. The minimum atomic E-state index is -0.730. The maximum absolute atomic E-state index is 11.1. The first-order valence-electron chi connectivity index (χ1n) is 7.00. The Morgan fingerprint density at radius 2 is 2.05 bits per heavy atom. The summed E-state index contributed by atoms with van der Waals surface area (Å²) in [6.07, 6.45) is 2.20. The molecule has 0 saturated carbocycles. The van der Waals surface area contributed by atoms with Gasteiger partial charge in [-0.15, -0.1) is 0 Å². The Balaban J connectivity index is 2.91. The first-order valence-corrected chi connectivity index (χ1v) is 7.00. The lowest BCUT2D eigenvalue weighted by Crippen LogP contribution is -2.33. The zero-order valence-electron chi connectivity index (χ0n) is 12.4. The molecule has 1 rings (SSSR count). The van der Waals surface area contributed by atoms with Crippen LogP contribution in [0.15, 0.2) is 18.2 Å². The predicted octanol–water partition coefficient (Wildman–Crippen LogP) is 3.63. The topological polar surface area (TPSA) is 40.5 Å². The number of hydrogen-bond donors (Lipinski definition) is 1. The van der Waals surface area contributed by atoms with Crippen LogP contribution in [-0.4, -0.2) is 24.2 Å². The number of rotatable bonds is 7. The Kier molecular flexibility index (Phi) is 5.87. The van der Waals surface area contributed by atoms with E-state index in [4.69, 9.17) is 5.11 Å². The van der Waals surface area contributed by atoms with Crippen molar-refractivity contribution in [2.24, 2.45) is 5.92 Å². The second kappa shape index (κ2) is 7.17. The highest BCUT2D eigenvalue weighted by molar-refractivity contribution is 5.70. The molecule has 0 aliphatic carbocycles. The van der Waals surface area contributed by atoms with E-state index in [-0.39, 0.29) is 5.92 Å². The highest BCUT2D eigenvalue weighted by Gasteiger charge is 2.17. The summed E-state index contributed by atoms with van der Waals surface area (Å²) in [5.74, 6) is -1.08. The number of unbranched alkanes of at least 4 members (excludes halogenated alkanes) is 1. The monoisotopic (exact) mass is 263 g/mol. The number of carboxylic acid groups (broad SMARTS) is 1. The molecule has 0 aromatic heterocycles. The van der Waals surface area contributed by atoms with E-state index in [1.165, 1.54) is 11.1 Å². The van der Waals surface area contributed by atoms with Gasteiger partial charge in [-0.05, 0) is 31.9 Å². The lowest BCUT2D eigenvalue weighted by atomic mass is 10.1. The molecule has 0 heterocycles. The largest absolute Gasteiger partial charge is 0.481 e. The second-order valence-corrected chi connectivity index (χ2v) is 5.33. The van der Waals surface area contributed by atoms with E-state index in [1.54, 1.807) is 6.92 Å². The normalized spacial score (nSPS) is 12.2. The van der Waals surface area contributed by atoms with Crippen LogP contribution in [0.3, 0.4) is 0 Å². The molecular formula is C16H25NO2. The van der Waals surface area contributed by atoms with Crippen molar-refractivity contribution in [1.29, 1.82) is 0 Å². The van der Waals surface area contributed by atoms with Crippen molar-refractivity contribution in [3.8, 4) is 0 Å². The molecule has 0 spiro atoms. The van der Waals surface area contributed by atoms with Crippen molar-refractivity contribution in [3.05, 3.63) is 29.3 Å². The van der Waals surface area contributed by atoms with Gasteiger partial charge in [0.25, 0.3) is 0 Å². The summed E-state index contributed by atoms with van der Waals surface area (Å²) in [6.45, 7) is 9.57. The number of aryl methyl sites for hydroxylation is 2. The summed E-state index contributed by atoms with van der Waals surface area (Å²) >= 11 is 0. The van der Waals surface area contributed by atoms with Crippen LogP contribution >= 0.6 is 0 Å². The molecule has 1 atom stereocenters. The minimum Gasteiger partial charge on any atom is -0.481 e. The van der Waals surface area contributed by atoms with Gasteiger partial charge in [-0.25, -0.2) is 0 Å². The molecule has 0 amide bonds. The van der Waals surface area contributed by atoms with Gasteiger partial charge in [0.05, 0.1) is 5.92 Å². The number of carbonyl (C=O) groups is 1. The molecule has 0 radical (unpaired) electrons. The van der Waals surface area contributed by atoms with Gasteiger partial charge >= 0.3 is 5.97 Å². The third kappa shape index (κ3) is 4.58. The van der Waals surface area contributed by atoms with Crippen LogP contribution in [0.5, 0.6) is 0 Å². The maximum atomic E-state index is 11.1. The number of hydrogen-bond acceptors (Lipinski definition) is 2. The SMILES string of the molecule is CCCCN(CC(C)C(=O)O)c1ccc(C)cc1C. The van der Waals surface area contributed by atoms with Crippen LogP contribution in [0.2, 0.25) is 0 Å². The lowest BCUT2D eigenvalue weighted by molar-refractivity contribution is -0.140. The molecule has 1 aromatic carbocycles. The van der Waals surface area contributed by atoms with Crippen LogP contribution in [0.4, 0.5) is 5.69 Å². The Morgan fingerprint density at radius 3 is 2.58 bits per heavy atom. The fourth-order valence-electron chi connectivity index (χ4n) is 2.23. The lowest BCUT2D eigenvalue weighted by Gasteiger charge is -2.28. The molecule has 1 N–H and O–H groups in total. The van der Waals surface area contributed by atoms with Crippen molar-refractivity contribution in [2.45, 2.75) is 40.5 Å². The van der Waals surface area contributed by atoms with Crippen molar-refractivity contribution in [2.75, 3.05) is 18.0 Å². The molecule has 1 unspecified atom stereocenters. The fourth-order valence-corrected chi connectivity index (χ4v) is 2.23. The van der Waals surface area contributed by atoms with Gasteiger partial charge < -0.3 is 10.0 Å². The van der Waals surface area contributed by atoms with Gasteiger partial charge in [-0.1, -0.05) is 38.0 Å². The van der Waals surface area contributed by atoms with Gasteiger partial charge in [0.2, 0.25) is 0 Å². The van der Waals surface area contributed by atoms with Gasteiger partial charge in [0.1, 0.15) is 0 Å². The summed E-state index contributed by atoms with van der Waals surface area (Å²) in [6, 6.07) is 6.35. The summed E-state index contributed by atoms with van der Waals surface area (Å²) in [5.41, 5.74) is 3.61. The minimum absolute atomic E-state index is 0.349. The van der Waals surface area contributed by atoms with Crippen molar-refractivity contribution in [1.82, 2.24) is 0 Å². The average Bonchev–Trinajstić information content (AvgIpc) is 2.34. The summed E-state index contributed by atoms with van der Waals surface area (Å²) in [5, 5.41) is 9.09. The predicted molar refractivity (Wildman–Crippen MR) is 79.8 cm³/mol. The van der Waals surface area contributed by atoms with Crippen LogP contribution < -0.4 is 4.90 Å². The van der Waals surface area contributed by atoms with E-state index in [0.717, 1.165) is 25.1 Å². The van der Waals surface area contributed by atoms with E-state index < -0.39 is 5.97 Å². The molecule has 19 heavy (non-hydrogen) atoms. The van der Waals surface area contributed by atoms with Gasteiger partial charge in [-0.2, -0.15) is 0 Å². The molecule has 0 bridgehead atoms. The zero-order chi connectivity index (χ0) is 14.4. The molecule has 0 aliphatic rings. The van der Waals surface area contributed by atoms with Gasteiger partial charge in [0.15, 0.2) is 0 Å². The van der Waals surface area contributed by atoms with Crippen LogP contribution in [0.25, 0.3) is 0 Å².